The maximum Gasteiger partial charge on any atom is 0.159 e. The van der Waals surface area contributed by atoms with Gasteiger partial charge in [-0.05, 0) is 36.8 Å². The highest BCUT2D eigenvalue weighted by Gasteiger charge is 2.31. The number of aliphatic imine (C=N–C) groups is 2. The van der Waals surface area contributed by atoms with Crippen LogP contribution in [-0.2, 0) is 6.54 Å². The van der Waals surface area contributed by atoms with Gasteiger partial charge in [0.1, 0.15) is 11.5 Å². The summed E-state index contributed by atoms with van der Waals surface area (Å²) < 4.78 is 0. The number of hydrogen-bond acceptors (Lipinski definition) is 6. The van der Waals surface area contributed by atoms with Gasteiger partial charge < -0.3 is 11.1 Å². The third-order valence-corrected chi connectivity index (χ3v) is 5.25. The van der Waals surface area contributed by atoms with Crippen LogP contribution >= 0.6 is 0 Å². The number of nitrogens with one attached hydrogen (secondary N) is 1. The van der Waals surface area contributed by atoms with E-state index in [2.05, 4.69) is 49.4 Å². The van der Waals surface area contributed by atoms with E-state index < -0.39 is 0 Å². The van der Waals surface area contributed by atoms with Crippen molar-refractivity contribution in [1.29, 1.82) is 0 Å². The summed E-state index contributed by atoms with van der Waals surface area (Å²) in [5.74, 6) is 2.01. The molecule has 164 valence electrons. The molecule has 0 atom stereocenters. The molecule has 1 aromatic carbocycles. The summed E-state index contributed by atoms with van der Waals surface area (Å²) in [5.41, 5.74) is 10.1. The Kier molecular flexibility index (Phi) is 7.92. The molecule has 3 N–H and O–H groups in total. The Morgan fingerprint density at radius 1 is 1.13 bits per heavy atom. The molecule has 0 unspecified atom stereocenters. The summed E-state index contributed by atoms with van der Waals surface area (Å²) >= 11 is 0. The summed E-state index contributed by atoms with van der Waals surface area (Å²) in [5, 5.41) is 3.40. The van der Waals surface area contributed by atoms with Crippen molar-refractivity contribution < 1.29 is 0 Å². The number of nitrogens with zero attached hydrogens (tertiary/aromatic N) is 5. The van der Waals surface area contributed by atoms with E-state index in [1.165, 1.54) is 5.56 Å². The Morgan fingerprint density at radius 3 is 2.45 bits per heavy atom. The van der Waals surface area contributed by atoms with Gasteiger partial charge in [0.2, 0.25) is 0 Å². The van der Waals surface area contributed by atoms with Crippen LogP contribution in [0.2, 0.25) is 0 Å². The van der Waals surface area contributed by atoms with Crippen LogP contribution in [0.15, 0.2) is 64.4 Å². The topological polar surface area (TPSA) is 82.1 Å². The monoisotopic (exact) mass is 419 g/mol. The first-order valence-electron chi connectivity index (χ1n) is 11.0. The molecule has 1 aromatic heterocycles. The molecule has 0 bridgehead atoms. The van der Waals surface area contributed by atoms with Crippen molar-refractivity contribution in [3.05, 3.63) is 65.5 Å². The fourth-order valence-electron chi connectivity index (χ4n) is 3.75. The smallest absolute Gasteiger partial charge is 0.159 e. The number of aromatic nitrogens is 1. The number of hydrogen-bond donors (Lipinski definition) is 2. The lowest BCUT2D eigenvalue weighted by atomic mass is 10.1. The SMILES string of the molecule is C/C=C1/N=C(c2cccnc2N)N(c2ccc(CN3CCNCC3)cc2)C1=NC.CC. The average Bonchev–Trinajstić information content (AvgIpc) is 3.20. The highest BCUT2D eigenvalue weighted by molar-refractivity contribution is 6.34. The zero-order valence-electron chi connectivity index (χ0n) is 19.0. The number of rotatable bonds is 4. The summed E-state index contributed by atoms with van der Waals surface area (Å²) in [7, 11) is 1.79. The van der Waals surface area contributed by atoms with Gasteiger partial charge in [-0.1, -0.05) is 32.1 Å². The number of nitrogens with two attached hydrogens (primary N) is 1. The Labute approximate surface area is 185 Å². The lowest BCUT2D eigenvalue weighted by Gasteiger charge is -2.27. The van der Waals surface area contributed by atoms with Crippen LogP contribution in [0.1, 0.15) is 31.9 Å². The van der Waals surface area contributed by atoms with E-state index >= 15 is 0 Å². The summed E-state index contributed by atoms with van der Waals surface area (Å²) in [6, 6.07) is 12.4. The molecule has 3 heterocycles. The second-order valence-corrected chi connectivity index (χ2v) is 7.12. The third kappa shape index (κ3) is 5.00. The summed E-state index contributed by atoms with van der Waals surface area (Å²) in [6.07, 6.45) is 3.66. The average molecular weight is 420 g/mol. The molecule has 0 radical (unpaired) electrons. The molecule has 1 saturated heterocycles. The molecule has 4 rings (SSSR count). The van der Waals surface area contributed by atoms with Crippen molar-refractivity contribution in [2.75, 3.05) is 43.9 Å². The number of nitrogen functional groups attached to an aromatic ring is 1. The number of anilines is 2. The number of pyridine rings is 1. The number of benzene rings is 1. The van der Waals surface area contributed by atoms with Crippen molar-refractivity contribution in [1.82, 2.24) is 15.2 Å². The van der Waals surface area contributed by atoms with Crippen molar-refractivity contribution in [2.45, 2.75) is 27.3 Å². The maximum atomic E-state index is 6.15. The van der Waals surface area contributed by atoms with Crippen molar-refractivity contribution in [2.24, 2.45) is 9.98 Å². The Morgan fingerprint density at radius 2 is 1.84 bits per heavy atom. The van der Waals surface area contributed by atoms with Gasteiger partial charge in [0.15, 0.2) is 11.7 Å². The van der Waals surface area contributed by atoms with Crippen LogP contribution in [0.4, 0.5) is 11.5 Å². The third-order valence-electron chi connectivity index (χ3n) is 5.25. The van der Waals surface area contributed by atoms with E-state index in [0.29, 0.717) is 5.82 Å². The molecule has 0 spiro atoms. The first-order chi connectivity index (χ1) is 15.2. The number of piperazine rings is 1. The quantitative estimate of drug-likeness (QED) is 0.795. The normalized spacial score (nSPS) is 19.4. The molecule has 7 heteroatoms. The molecule has 2 aliphatic heterocycles. The van der Waals surface area contributed by atoms with E-state index in [4.69, 9.17) is 10.7 Å². The second-order valence-electron chi connectivity index (χ2n) is 7.12. The molecule has 1 fully saturated rings. The highest BCUT2D eigenvalue weighted by atomic mass is 15.3. The summed E-state index contributed by atoms with van der Waals surface area (Å²) in [6.45, 7) is 11.2. The van der Waals surface area contributed by atoms with E-state index in [0.717, 1.165) is 61.3 Å². The number of allylic oxidation sites excluding steroid dienone is 1. The predicted octanol–water partition coefficient (Wildman–Crippen LogP) is 3.29. The molecule has 2 aromatic rings. The zero-order chi connectivity index (χ0) is 22.2. The molecular weight excluding hydrogens is 386 g/mol. The Bertz CT molecular complexity index is 954. The van der Waals surface area contributed by atoms with Crippen LogP contribution in [0.5, 0.6) is 0 Å². The van der Waals surface area contributed by atoms with Crippen LogP contribution < -0.4 is 16.0 Å². The maximum absolute atomic E-state index is 6.15. The van der Waals surface area contributed by atoms with Gasteiger partial charge in [-0.2, -0.15) is 0 Å². The highest BCUT2D eigenvalue weighted by Crippen LogP contribution is 2.29. The van der Waals surface area contributed by atoms with Crippen LogP contribution in [0.3, 0.4) is 0 Å². The minimum absolute atomic E-state index is 0.458. The molecular formula is C24H33N7. The number of amidine groups is 2. The molecule has 31 heavy (non-hydrogen) atoms. The molecule has 0 saturated carbocycles. The van der Waals surface area contributed by atoms with Gasteiger partial charge in [0.25, 0.3) is 0 Å². The fourth-order valence-corrected chi connectivity index (χ4v) is 3.75. The van der Waals surface area contributed by atoms with E-state index in [1.54, 1.807) is 13.2 Å². The fraction of sp³-hybridized carbons (Fsp3) is 0.375. The summed E-state index contributed by atoms with van der Waals surface area (Å²) in [4.78, 5) is 18.1. The first-order valence-corrected chi connectivity index (χ1v) is 11.0. The van der Waals surface area contributed by atoms with E-state index in [9.17, 15) is 0 Å². The minimum Gasteiger partial charge on any atom is -0.383 e. The van der Waals surface area contributed by atoms with E-state index in [1.807, 2.05) is 39.0 Å². The van der Waals surface area contributed by atoms with Crippen molar-refractivity contribution in [3.63, 3.8) is 0 Å². The molecule has 0 amide bonds. The van der Waals surface area contributed by atoms with E-state index in [-0.39, 0.29) is 0 Å². The molecule has 0 aliphatic carbocycles. The van der Waals surface area contributed by atoms with Gasteiger partial charge in [-0.3, -0.25) is 14.8 Å². The standard InChI is InChI=1S/C22H27N7.C2H6/c1-3-19-22(24-2)29(21(27-19)18-5-4-10-26-20(18)23)17-8-6-16(7-9-17)15-28-13-11-25-12-14-28;1-2/h3-10,25H,11-15H2,1-2H3,(H2,23,26);1-2H3/b19-3+,24-22?;. The minimum atomic E-state index is 0.458. The van der Waals surface area contributed by atoms with Gasteiger partial charge in [0, 0.05) is 51.7 Å². The first kappa shape index (κ1) is 22.7. The van der Waals surface area contributed by atoms with Gasteiger partial charge >= 0.3 is 0 Å². The largest absolute Gasteiger partial charge is 0.383 e. The van der Waals surface area contributed by atoms with Gasteiger partial charge in [-0.15, -0.1) is 0 Å². The van der Waals surface area contributed by atoms with Crippen LogP contribution in [-0.4, -0.2) is 54.8 Å². The second kappa shape index (κ2) is 10.8. The lowest BCUT2D eigenvalue weighted by molar-refractivity contribution is 0.233. The zero-order valence-corrected chi connectivity index (χ0v) is 19.0. The Hall–Kier alpha value is -3.03. The molecule has 7 nitrogen and oxygen atoms in total. The predicted molar refractivity (Wildman–Crippen MR) is 131 cm³/mol. The van der Waals surface area contributed by atoms with Crippen LogP contribution in [0.25, 0.3) is 0 Å². The van der Waals surface area contributed by atoms with Crippen LogP contribution in [0, 0.1) is 0 Å². The lowest BCUT2D eigenvalue weighted by Crippen LogP contribution is -2.42. The van der Waals surface area contributed by atoms with Crippen molar-refractivity contribution >= 4 is 23.2 Å². The van der Waals surface area contributed by atoms with Gasteiger partial charge in [-0.25, -0.2) is 9.98 Å². The molecule has 2 aliphatic rings. The Balaban J connectivity index is 0.00000132. The van der Waals surface area contributed by atoms with Crippen molar-refractivity contribution in [3.8, 4) is 0 Å². The van der Waals surface area contributed by atoms with Gasteiger partial charge in [0.05, 0.1) is 5.56 Å².